The maximum atomic E-state index is 12.7. The fourth-order valence-electron chi connectivity index (χ4n) is 4.47. The van der Waals surface area contributed by atoms with Crippen LogP contribution in [0.3, 0.4) is 0 Å². The molecule has 3 aromatic carbocycles. The van der Waals surface area contributed by atoms with Crippen LogP contribution in [-0.2, 0) is 22.5 Å². The lowest BCUT2D eigenvalue weighted by molar-refractivity contribution is -0.136. The van der Waals surface area contributed by atoms with E-state index in [1.54, 1.807) is 19.9 Å². The zero-order valence-corrected chi connectivity index (χ0v) is 20.9. The number of carbonyl (C=O) groups is 2. The normalized spacial score (nSPS) is 12.6. The van der Waals surface area contributed by atoms with E-state index in [1.807, 2.05) is 54.6 Å². The van der Waals surface area contributed by atoms with Crippen LogP contribution >= 0.6 is 11.6 Å². The van der Waals surface area contributed by atoms with Gasteiger partial charge in [0.25, 0.3) is 0 Å². The molecule has 3 N–H and O–H groups in total. The van der Waals surface area contributed by atoms with Gasteiger partial charge in [0.2, 0.25) is 0 Å². The number of halogens is 1. The molecule has 1 atom stereocenters. The molecule has 188 valence electrons. The van der Waals surface area contributed by atoms with Gasteiger partial charge in [0.05, 0.1) is 6.42 Å². The number of aliphatic carboxylic acids is 1. The first kappa shape index (κ1) is 24.4. The molecule has 1 aliphatic heterocycles. The Morgan fingerprint density at radius 2 is 1.95 bits per heavy atom. The number of hydrogen-bond acceptors (Lipinski definition) is 6. The highest BCUT2D eigenvalue weighted by atomic mass is 35.5. The lowest BCUT2D eigenvalue weighted by atomic mass is 9.91. The molecule has 0 bridgehead atoms. The topological polar surface area (TPSA) is 114 Å². The maximum Gasteiger partial charge on any atom is 0.412 e. The molecule has 1 unspecified atom stereocenters. The summed E-state index contributed by atoms with van der Waals surface area (Å²) < 4.78 is 11.1. The number of ether oxygens (including phenoxy) is 1. The maximum absolute atomic E-state index is 12.7. The van der Waals surface area contributed by atoms with Crippen molar-refractivity contribution >= 4 is 35.0 Å². The molecule has 0 aliphatic carbocycles. The van der Waals surface area contributed by atoms with Crippen LogP contribution in [0.5, 0.6) is 0 Å². The van der Waals surface area contributed by atoms with Crippen molar-refractivity contribution in [2.45, 2.75) is 32.9 Å². The third-order valence-corrected chi connectivity index (χ3v) is 6.63. The van der Waals surface area contributed by atoms with Crippen molar-refractivity contribution in [3.8, 4) is 22.5 Å². The summed E-state index contributed by atoms with van der Waals surface area (Å²) in [7, 11) is 0. The summed E-state index contributed by atoms with van der Waals surface area (Å²) in [6, 6.07) is 18.7. The van der Waals surface area contributed by atoms with Gasteiger partial charge in [-0.2, -0.15) is 0 Å². The monoisotopic (exact) mass is 517 g/mol. The summed E-state index contributed by atoms with van der Waals surface area (Å²) in [5.41, 5.74) is 7.09. The number of aromatic nitrogens is 1. The second kappa shape index (κ2) is 9.99. The van der Waals surface area contributed by atoms with Crippen molar-refractivity contribution in [2.24, 2.45) is 0 Å². The molecule has 0 radical (unpaired) electrons. The Balaban J connectivity index is 1.37. The lowest BCUT2D eigenvalue weighted by Crippen LogP contribution is -2.17. The number of fused-ring (bicyclic) bond motifs is 3. The molecular formula is C28H24ClN3O5. The van der Waals surface area contributed by atoms with Gasteiger partial charge in [-0.1, -0.05) is 65.3 Å². The Labute approximate surface area is 218 Å². The third-order valence-electron chi connectivity index (χ3n) is 6.28. The van der Waals surface area contributed by atoms with Gasteiger partial charge in [-0.3, -0.25) is 10.1 Å². The van der Waals surface area contributed by atoms with Gasteiger partial charge in [-0.05, 0) is 42.7 Å². The molecule has 2 heterocycles. The number of amides is 1. The van der Waals surface area contributed by atoms with Crippen LogP contribution in [0, 0.1) is 6.92 Å². The van der Waals surface area contributed by atoms with Crippen molar-refractivity contribution in [3.63, 3.8) is 0 Å². The minimum atomic E-state index is -0.859. The average molecular weight is 518 g/mol. The first-order chi connectivity index (χ1) is 17.8. The van der Waals surface area contributed by atoms with Crippen molar-refractivity contribution in [1.82, 2.24) is 5.16 Å². The zero-order chi connectivity index (χ0) is 26.1. The van der Waals surface area contributed by atoms with Gasteiger partial charge in [0.1, 0.15) is 17.5 Å². The van der Waals surface area contributed by atoms with Crippen molar-refractivity contribution in [2.75, 3.05) is 10.6 Å². The number of carboxylic acids is 1. The molecular weight excluding hydrogens is 494 g/mol. The van der Waals surface area contributed by atoms with E-state index in [1.165, 1.54) is 0 Å². The number of benzene rings is 3. The van der Waals surface area contributed by atoms with E-state index in [9.17, 15) is 9.59 Å². The second-order valence-electron chi connectivity index (χ2n) is 8.84. The van der Waals surface area contributed by atoms with Crippen molar-refractivity contribution < 1.29 is 24.0 Å². The summed E-state index contributed by atoms with van der Waals surface area (Å²) in [4.78, 5) is 23.8. The lowest BCUT2D eigenvalue weighted by Gasteiger charge is -2.23. The Morgan fingerprint density at radius 3 is 2.73 bits per heavy atom. The van der Waals surface area contributed by atoms with E-state index in [0.29, 0.717) is 34.3 Å². The summed E-state index contributed by atoms with van der Waals surface area (Å²) in [6.45, 7) is 4.05. The fourth-order valence-corrected chi connectivity index (χ4v) is 4.76. The van der Waals surface area contributed by atoms with Crippen LogP contribution in [0.15, 0.2) is 65.2 Å². The van der Waals surface area contributed by atoms with Crippen molar-refractivity contribution in [3.05, 3.63) is 88.1 Å². The van der Waals surface area contributed by atoms with Gasteiger partial charge in [0.15, 0.2) is 5.76 Å². The number of nitrogens with one attached hydrogen (secondary N) is 2. The molecule has 0 fully saturated rings. The Kier molecular flexibility index (Phi) is 6.58. The largest absolute Gasteiger partial charge is 0.481 e. The number of nitrogens with zero attached hydrogens (tertiary/aromatic N) is 1. The standard InChI is InChI=1S/C28H24ClN3O5/c1-15-26(31-28(35)36-16(2)20-5-3-4-6-23(20)29)27(37-32-15)18-8-10-22-21-9-7-17(12-25(33)34)11-19(21)14-30-24(22)13-18/h3-11,13,16,30H,12,14H2,1-2H3,(H,31,35)(H,33,34). The average Bonchev–Trinajstić information content (AvgIpc) is 3.22. The van der Waals surface area contributed by atoms with Crippen LogP contribution in [0.1, 0.15) is 35.4 Å². The van der Waals surface area contributed by atoms with Gasteiger partial charge >= 0.3 is 12.1 Å². The Hall–Kier alpha value is -4.30. The quantitative estimate of drug-likeness (QED) is 0.257. The van der Waals surface area contributed by atoms with Gasteiger partial charge in [-0.25, -0.2) is 4.79 Å². The highest BCUT2D eigenvalue weighted by Gasteiger charge is 2.23. The third kappa shape index (κ3) is 5.01. The molecule has 9 heteroatoms. The molecule has 37 heavy (non-hydrogen) atoms. The smallest absolute Gasteiger partial charge is 0.412 e. The minimum absolute atomic E-state index is 0.0146. The molecule has 1 aromatic heterocycles. The van der Waals surface area contributed by atoms with Gasteiger partial charge in [0, 0.05) is 33.9 Å². The highest BCUT2D eigenvalue weighted by Crippen LogP contribution is 2.40. The summed E-state index contributed by atoms with van der Waals surface area (Å²) >= 11 is 6.23. The van der Waals surface area contributed by atoms with E-state index in [0.717, 1.165) is 33.5 Å². The van der Waals surface area contributed by atoms with Crippen LogP contribution in [0.2, 0.25) is 5.02 Å². The van der Waals surface area contributed by atoms with Crippen LogP contribution in [-0.4, -0.2) is 22.3 Å². The summed E-state index contributed by atoms with van der Waals surface area (Å²) in [5, 5.41) is 19.8. The number of hydrogen-bond donors (Lipinski definition) is 3. The van der Waals surface area contributed by atoms with E-state index >= 15 is 0 Å². The predicted octanol–water partition coefficient (Wildman–Crippen LogP) is 6.83. The Morgan fingerprint density at radius 1 is 1.16 bits per heavy atom. The molecule has 0 spiro atoms. The van der Waals surface area contributed by atoms with E-state index < -0.39 is 18.2 Å². The summed E-state index contributed by atoms with van der Waals surface area (Å²) in [5.74, 6) is -0.449. The first-order valence-electron chi connectivity index (χ1n) is 11.7. The highest BCUT2D eigenvalue weighted by molar-refractivity contribution is 6.31. The van der Waals surface area contributed by atoms with Crippen molar-refractivity contribution in [1.29, 1.82) is 0 Å². The number of aryl methyl sites for hydroxylation is 1. The van der Waals surface area contributed by atoms with E-state index in [4.69, 9.17) is 26.0 Å². The Bertz CT molecular complexity index is 1510. The van der Waals surface area contributed by atoms with Crippen LogP contribution in [0.4, 0.5) is 16.2 Å². The number of carboxylic acid groups (broad SMARTS) is 1. The zero-order valence-electron chi connectivity index (χ0n) is 20.2. The minimum Gasteiger partial charge on any atom is -0.481 e. The van der Waals surface area contributed by atoms with Gasteiger partial charge < -0.3 is 19.7 Å². The molecule has 4 aromatic rings. The second-order valence-corrected chi connectivity index (χ2v) is 9.25. The summed E-state index contributed by atoms with van der Waals surface area (Å²) in [6.07, 6.45) is -1.22. The number of anilines is 2. The molecule has 0 saturated heterocycles. The van der Waals surface area contributed by atoms with E-state index in [2.05, 4.69) is 15.8 Å². The van der Waals surface area contributed by atoms with Gasteiger partial charge in [-0.15, -0.1) is 0 Å². The molecule has 1 amide bonds. The first-order valence-corrected chi connectivity index (χ1v) is 12.1. The predicted molar refractivity (Wildman–Crippen MR) is 141 cm³/mol. The molecule has 5 rings (SSSR count). The van der Waals surface area contributed by atoms with Crippen LogP contribution in [0.25, 0.3) is 22.5 Å². The fraction of sp³-hybridized carbons (Fsp3) is 0.179. The number of carbonyl (C=O) groups excluding carboxylic acids is 1. The molecule has 1 aliphatic rings. The van der Waals surface area contributed by atoms with E-state index in [-0.39, 0.29) is 6.42 Å². The number of rotatable bonds is 6. The van der Waals surface area contributed by atoms with Crippen LogP contribution < -0.4 is 10.6 Å². The molecule has 0 saturated carbocycles. The SMILES string of the molecule is Cc1noc(-c2ccc3c(c2)NCc2cc(CC(=O)O)ccc2-3)c1NC(=O)OC(C)c1ccccc1Cl. The molecule has 8 nitrogen and oxygen atoms in total.